The number of rotatable bonds is 6. The summed E-state index contributed by atoms with van der Waals surface area (Å²) in [5.74, 6) is -0.401. The predicted octanol–water partition coefficient (Wildman–Crippen LogP) is 5.29. The largest absolute Gasteiger partial charge is 0.497 e. The Hall–Kier alpha value is -4.63. The Morgan fingerprint density at radius 2 is 1.65 bits per heavy atom. The van der Waals surface area contributed by atoms with E-state index in [2.05, 4.69) is 0 Å². The van der Waals surface area contributed by atoms with Crippen molar-refractivity contribution in [1.29, 1.82) is 0 Å². The number of para-hydroxylation sites is 1. The van der Waals surface area contributed by atoms with Gasteiger partial charge in [0.25, 0.3) is 15.9 Å². The molecule has 0 unspecified atom stereocenters. The van der Waals surface area contributed by atoms with E-state index in [-0.39, 0.29) is 28.4 Å². The van der Waals surface area contributed by atoms with Crippen molar-refractivity contribution in [3.8, 4) is 5.75 Å². The summed E-state index contributed by atoms with van der Waals surface area (Å²) in [4.78, 5) is 28.8. The number of aryl methyl sites for hydroxylation is 1. The smallest absolute Gasteiger partial charge is 0.340 e. The first-order chi connectivity index (χ1) is 19.2. The molecule has 1 aliphatic rings. The molecule has 1 aromatic heterocycles. The molecule has 5 aromatic rings. The van der Waals surface area contributed by atoms with Crippen LogP contribution < -0.4 is 4.74 Å². The fourth-order valence-corrected chi connectivity index (χ4v) is 6.94. The number of methoxy groups -OCH3 is 2. The summed E-state index contributed by atoms with van der Waals surface area (Å²) in [5.41, 5.74) is 3.69. The molecule has 0 atom stereocenters. The van der Waals surface area contributed by atoms with Crippen molar-refractivity contribution in [2.75, 3.05) is 14.2 Å². The van der Waals surface area contributed by atoms with E-state index in [1.54, 1.807) is 47.4 Å². The van der Waals surface area contributed by atoms with Gasteiger partial charge in [-0.2, -0.15) is 0 Å². The first kappa shape index (κ1) is 25.6. The maximum Gasteiger partial charge on any atom is 0.340 e. The fourth-order valence-electron chi connectivity index (χ4n) is 5.40. The van der Waals surface area contributed by atoms with Crippen molar-refractivity contribution < 1.29 is 27.5 Å². The minimum absolute atomic E-state index is 0.0135. The molecular formula is C31H26N2O6S. The summed E-state index contributed by atoms with van der Waals surface area (Å²) < 4.78 is 39.8. The van der Waals surface area contributed by atoms with E-state index < -0.39 is 16.0 Å². The highest BCUT2D eigenvalue weighted by molar-refractivity contribution is 7.90. The number of hydrogen-bond donors (Lipinski definition) is 0. The van der Waals surface area contributed by atoms with Gasteiger partial charge in [0.2, 0.25) is 0 Å². The van der Waals surface area contributed by atoms with Crippen molar-refractivity contribution in [2.45, 2.75) is 24.9 Å². The predicted molar refractivity (Wildman–Crippen MR) is 151 cm³/mol. The molecule has 1 aliphatic heterocycles. The van der Waals surface area contributed by atoms with Crippen LogP contribution >= 0.6 is 0 Å². The van der Waals surface area contributed by atoms with Gasteiger partial charge in [0.05, 0.1) is 41.3 Å². The first-order valence-electron chi connectivity index (χ1n) is 12.7. The number of nitrogens with zero attached hydrogens (tertiary/aromatic N) is 2. The monoisotopic (exact) mass is 554 g/mol. The molecule has 6 rings (SSSR count). The second-order valence-electron chi connectivity index (χ2n) is 9.78. The van der Waals surface area contributed by atoms with Crippen LogP contribution in [0, 0.1) is 6.92 Å². The molecule has 202 valence electrons. The third-order valence-electron chi connectivity index (χ3n) is 7.34. The highest BCUT2D eigenvalue weighted by Gasteiger charge is 2.36. The van der Waals surface area contributed by atoms with Gasteiger partial charge >= 0.3 is 5.97 Å². The van der Waals surface area contributed by atoms with Gasteiger partial charge in [0.1, 0.15) is 5.75 Å². The maximum atomic E-state index is 14.2. The average Bonchev–Trinajstić information content (AvgIpc) is 3.48. The number of fused-ring (bicyclic) bond motifs is 5. The molecule has 9 heteroatoms. The van der Waals surface area contributed by atoms with Crippen LogP contribution in [-0.4, -0.2) is 43.4 Å². The normalized spacial score (nSPS) is 13.2. The fraction of sp³-hybridized carbons (Fsp3) is 0.161. The van der Waals surface area contributed by atoms with E-state index in [0.29, 0.717) is 39.7 Å². The molecule has 8 nitrogen and oxygen atoms in total. The van der Waals surface area contributed by atoms with E-state index >= 15 is 0 Å². The highest BCUT2D eigenvalue weighted by Crippen LogP contribution is 2.41. The van der Waals surface area contributed by atoms with E-state index in [9.17, 15) is 18.0 Å². The van der Waals surface area contributed by atoms with Gasteiger partial charge < -0.3 is 14.4 Å². The SMILES string of the molecule is COC(=O)c1cc2c(c3c4ccccc4n(S(=O)(=O)c4ccc(OC)cc4)c13)C(=O)N(Cc1ccc(C)cc1)C2. The molecule has 4 aromatic carbocycles. The second kappa shape index (κ2) is 9.53. The summed E-state index contributed by atoms with van der Waals surface area (Å²) in [6.45, 7) is 2.67. The Kier molecular flexibility index (Phi) is 6.11. The first-order valence-corrected chi connectivity index (χ1v) is 14.1. The Bertz CT molecular complexity index is 1920. The Morgan fingerprint density at radius 3 is 2.33 bits per heavy atom. The van der Waals surface area contributed by atoms with Crippen molar-refractivity contribution in [2.24, 2.45) is 0 Å². The second-order valence-corrected chi connectivity index (χ2v) is 11.6. The molecule has 0 fully saturated rings. The number of benzene rings is 4. The van der Waals surface area contributed by atoms with E-state index in [1.807, 2.05) is 31.2 Å². The van der Waals surface area contributed by atoms with Crippen molar-refractivity contribution in [3.05, 3.63) is 107 Å². The molecule has 40 heavy (non-hydrogen) atoms. The van der Waals surface area contributed by atoms with Gasteiger partial charge in [-0.1, -0.05) is 48.0 Å². The summed E-state index contributed by atoms with van der Waals surface area (Å²) >= 11 is 0. The van der Waals surface area contributed by atoms with E-state index in [1.165, 1.54) is 26.4 Å². The zero-order valence-electron chi connectivity index (χ0n) is 22.2. The van der Waals surface area contributed by atoms with Crippen molar-refractivity contribution in [1.82, 2.24) is 8.87 Å². The molecule has 0 saturated carbocycles. The van der Waals surface area contributed by atoms with Gasteiger partial charge in [-0.15, -0.1) is 0 Å². The lowest BCUT2D eigenvalue weighted by molar-refractivity contribution is 0.0602. The van der Waals surface area contributed by atoms with Crippen LogP contribution in [0.4, 0.5) is 0 Å². The minimum Gasteiger partial charge on any atom is -0.497 e. The third-order valence-corrected chi connectivity index (χ3v) is 9.06. The molecule has 0 saturated heterocycles. The van der Waals surface area contributed by atoms with Crippen LogP contribution in [-0.2, 0) is 27.8 Å². The van der Waals surface area contributed by atoms with Gasteiger partial charge in [0.15, 0.2) is 0 Å². The minimum atomic E-state index is -4.21. The summed E-state index contributed by atoms with van der Waals surface area (Å²) in [6, 6.07) is 22.5. The van der Waals surface area contributed by atoms with Crippen LogP contribution in [0.5, 0.6) is 5.75 Å². The van der Waals surface area contributed by atoms with Gasteiger partial charge in [-0.25, -0.2) is 17.2 Å². The maximum absolute atomic E-state index is 14.2. The number of amides is 1. The number of carbonyl (C=O) groups excluding carboxylic acids is 2. The number of carbonyl (C=O) groups is 2. The van der Waals surface area contributed by atoms with Crippen LogP contribution in [0.2, 0.25) is 0 Å². The zero-order valence-corrected chi connectivity index (χ0v) is 23.0. The lowest BCUT2D eigenvalue weighted by Crippen LogP contribution is -2.23. The summed E-state index contributed by atoms with van der Waals surface area (Å²) in [7, 11) is -1.46. The number of ether oxygens (including phenoxy) is 2. The molecule has 0 aliphatic carbocycles. The molecular weight excluding hydrogens is 528 g/mol. The Morgan fingerprint density at radius 1 is 0.950 bits per heavy atom. The van der Waals surface area contributed by atoms with Crippen LogP contribution in [0.25, 0.3) is 21.8 Å². The molecule has 0 bridgehead atoms. The third kappa shape index (κ3) is 3.93. The van der Waals surface area contributed by atoms with Crippen molar-refractivity contribution in [3.63, 3.8) is 0 Å². The molecule has 0 N–H and O–H groups in total. The number of aromatic nitrogens is 1. The Balaban J connectivity index is 1.63. The summed E-state index contributed by atoms with van der Waals surface area (Å²) in [6.07, 6.45) is 0. The molecule has 1 amide bonds. The summed E-state index contributed by atoms with van der Waals surface area (Å²) in [5, 5.41) is 0.976. The average molecular weight is 555 g/mol. The van der Waals surface area contributed by atoms with Crippen LogP contribution in [0.3, 0.4) is 0 Å². The molecule has 2 heterocycles. The highest BCUT2D eigenvalue weighted by atomic mass is 32.2. The Labute approximate surface area is 231 Å². The topological polar surface area (TPSA) is 94.9 Å². The molecule has 0 spiro atoms. The van der Waals surface area contributed by atoms with Crippen LogP contribution in [0.15, 0.2) is 83.8 Å². The van der Waals surface area contributed by atoms with Crippen molar-refractivity contribution >= 4 is 43.7 Å². The van der Waals surface area contributed by atoms with Gasteiger partial charge in [-0.3, -0.25) is 4.79 Å². The van der Waals surface area contributed by atoms with E-state index in [0.717, 1.165) is 15.1 Å². The number of esters is 1. The molecule has 0 radical (unpaired) electrons. The lowest BCUT2D eigenvalue weighted by Gasteiger charge is -2.15. The number of hydrogen-bond acceptors (Lipinski definition) is 6. The standard InChI is InChI=1S/C31H26N2O6S/c1-19-8-10-20(11-9-19)17-32-18-21-16-25(31(35)39-3)29-28(27(21)30(32)34)24-6-4-5-7-26(24)33(29)40(36,37)23-14-12-22(38-2)13-15-23/h4-16H,17-18H2,1-3H3. The van der Waals surface area contributed by atoms with Crippen LogP contribution in [0.1, 0.15) is 37.4 Å². The van der Waals surface area contributed by atoms with Gasteiger partial charge in [0, 0.05) is 23.9 Å². The lowest BCUT2D eigenvalue weighted by atomic mass is 9.98. The van der Waals surface area contributed by atoms with E-state index in [4.69, 9.17) is 9.47 Å². The zero-order chi connectivity index (χ0) is 28.2. The quantitative estimate of drug-likeness (QED) is 0.265. The van der Waals surface area contributed by atoms with Gasteiger partial charge in [-0.05, 0) is 54.4 Å².